The predicted molar refractivity (Wildman–Crippen MR) is 161 cm³/mol. The van der Waals surface area contributed by atoms with Crippen LogP contribution in [0.1, 0.15) is 53.9 Å². The lowest BCUT2D eigenvalue weighted by molar-refractivity contribution is -0.145. The van der Waals surface area contributed by atoms with Crippen molar-refractivity contribution in [3.8, 4) is 17.2 Å². The molecule has 0 fully saturated rings. The fourth-order valence-electron chi connectivity index (χ4n) is 4.74. The van der Waals surface area contributed by atoms with Gasteiger partial charge in [0, 0.05) is 44.1 Å². The number of ether oxygens (including phenoxy) is 3. The topological polar surface area (TPSA) is 152 Å². The molecule has 0 spiro atoms. The monoisotopic (exact) mass is 612 g/mol. The highest BCUT2D eigenvalue weighted by atomic mass is 32.1. The lowest BCUT2D eigenvalue weighted by Gasteiger charge is -2.16. The Morgan fingerprint density at radius 2 is 1.49 bits per heavy atom. The number of benzene rings is 2. The largest absolute Gasteiger partial charge is 0.493 e. The smallest absolute Gasteiger partial charge is 0.306 e. The third-order valence-corrected chi connectivity index (χ3v) is 8.48. The number of carbonyl (C=O) groups is 4. The Bertz CT molecular complexity index is 1530. The summed E-state index contributed by atoms with van der Waals surface area (Å²) in [6.07, 6.45) is 0.463. The summed E-state index contributed by atoms with van der Waals surface area (Å²) < 4.78 is 18.5. The number of anilines is 1. The number of methoxy groups -OCH3 is 1. The van der Waals surface area contributed by atoms with Crippen molar-refractivity contribution in [2.75, 3.05) is 32.7 Å². The van der Waals surface area contributed by atoms with Gasteiger partial charge in [0.05, 0.1) is 42.7 Å². The Hall–Kier alpha value is -4.32. The SMILES string of the molecule is CNc1cc2sc(C(=O)CC(C)C(=O)O)cc2cc1OCCCOc1cc2c(cc1OC)CN(C(=O)CC(C)C(=O)O)C2. The number of Topliss-reactive ketones (excluding diaryl/α,β-unsaturated/α-hetero) is 1. The highest BCUT2D eigenvalue weighted by molar-refractivity contribution is 7.20. The Morgan fingerprint density at radius 3 is 2.09 bits per heavy atom. The molecular weight excluding hydrogens is 576 g/mol. The molecule has 0 saturated heterocycles. The normalized spacial score (nSPS) is 13.7. The van der Waals surface area contributed by atoms with Crippen LogP contribution >= 0.6 is 11.3 Å². The average Bonchev–Trinajstić information content (AvgIpc) is 3.59. The molecule has 2 unspecified atom stereocenters. The average molecular weight is 613 g/mol. The van der Waals surface area contributed by atoms with Gasteiger partial charge in [-0.2, -0.15) is 0 Å². The van der Waals surface area contributed by atoms with Crippen LogP contribution in [0.25, 0.3) is 10.1 Å². The van der Waals surface area contributed by atoms with E-state index in [1.807, 2.05) is 24.3 Å². The number of hydrogen-bond acceptors (Lipinski definition) is 9. The van der Waals surface area contributed by atoms with Crippen LogP contribution in [0.5, 0.6) is 17.2 Å². The second-order valence-electron chi connectivity index (χ2n) is 10.6. The summed E-state index contributed by atoms with van der Waals surface area (Å²) in [7, 11) is 3.34. The Kier molecular flexibility index (Phi) is 10.1. The van der Waals surface area contributed by atoms with E-state index in [2.05, 4.69) is 5.32 Å². The number of carbonyl (C=O) groups excluding carboxylic acids is 2. The summed E-state index contributed by atoms with van der Waals surface area (Å²) in [6.45, 7) is 4.53. The number of nitrogens with zero attached hydrogens (tertiary/aromatic N) is 1. The molecule has 4 rings (SSSR count). The Labute approximate surface area is 253 Å². The van der Waals surface area contributed by atoms with E-state index in [9.17, 15) is 19.2 Å². The Morgan fingerprint density at radius 1 is 0.884 bits per heavy atom. The summed E-state index contributed by atoms with van der Waals surface area (Å²) in [4.78, 5) is 49.6. The van der Waals surface area contributed by atoms with E-state index in [0.717, 1.165) is 26.9 Å². The molecule has 3 N–H and O–H groups in total. The molecule has 2 atom stereocenters. The van der Waals surface area contributed by atoms with E-state index in [1.54, 1.807) is 25.1 Å². The van der Waals surface area contributed by atoms with E-state index in [-0.39, 0.29) is 24.5 Å². The number of fused-ring (bicyclic) bond motifs is 2. The van der Waals surface area contributed by atoms with Gasteiger partial charge in [0.15, 0.2) is 17.3 Å². The number of hydrogen-bond donors (Lipinski definition) is 3. The van der Waals surface area contributed by atoms with Crippen LogP contribution in [0.2, 0.25) is 0 Å². The number of thiophene rings is 1. The van der Waals surface area contributed by atoms with Crippen LogP contribution < -0.4 is 19.5 Å². The molecule has 0 bridgehead atoms. The fraction of sp³-hybridized carbons (Fsp3) is 0.419. The lowest BCUT2D eigenvalue weighted by Crippen LogP contribution is -2.28. The van der Waals surface area contributed by atoms with Gasteiger partial charge in [-0.25, -0.2) is 0 Å². The van der Waals surface area contributed by atoms with Gasteiger partial charge in [-0.05, 0) is 46.8 Å². The van der Waals surface area contributed by atoms with Crippen LogP contribution in [-0.2, 0) is 27.5 Å². The zero-order chi connectivity index (χ0) is 31.3. The molecule has 1 aromatic heterocycles. The molecule has 11 nitrogen and oxygen atoms in total. The molecule has 43 heavy (non-hydrogen) atoms. The molecule has 1 aliphatic rings. The molecule has 3 aromatic rings. The minimum atomic E-state index is -0.996. The van der Waals surface area contributed by atoms with Crippen LogP contribution in [0.4, 0.5) is 5.69 Å². The summed E-state index contributed by atoms with van der Waals surface area (Å²) in [5.41, 5.74) is 2.64. The van der Waals surface area contributed by atoms with E-state index in [1.165, 1.54) is 25.2 Å². The van der Waals surface area contributed by atoms with Crippen molar-refractivity contribution >= 4 is 50.7 Å². The van der Waals surface area contributed by atoms with Crippen molar-refractivity contribution in [2.24, 2.45) is 11.8 Å². The number of ketones is 1. The second-order valence-corrected chi connectivity index (χ2v) is 11.7. The highest BCUT2D eigenvalue weighted by Crippen LogP contribution is 2.37. The van der Waals surface area contributed by atoms with E-state index < -0.39 is 23.8 Å². The standard InChI is InChI=1S/C31H36N2O9S/c1-17(30(36)37)8-23(34)28-13-19-10-24(22(32-3)14-27(19)43-28)41-6-5-7-42-26-12-21-16-33(15-20(21)11-25(26)40-4)29(35)9-18(2)31(38)39/h10-14,17-18,32H,5-9,15-16H2,1-4H3,(H,36,37)(H,38,39). The van der Waals surface area contributed by atoms with Gasteiger partial charge in [0.2, 0.25) is 5.91 Å². The third kappa shape index (κ3) is 7.56. The maximum Gasteiger partial charge on any atom is 0.306 e. The van der Waals surface area contributed by atoms with Crippen molar-refractivity contribution in [1.82, 2.24) is 4.90 Å². The second kappa shape index (κ2) is 13.8. The van der Waals surface area contributed by atoms with Crippen molar-refractivity contribution in [3.63, 3.8) is 0 Å². The van der Waals surface area contributed by atoms with Crippen LogP contribution in [-0.4, -0.2) is 66.1 Å². The minimum absolute atomic E-state index is 0.0518. The summed E-state index contributed by atoms with van der Waals surface area (Å²) >= 11 is 1.33. The maximum absolute atomic E-state index is 12.6. The first kappa shape index (κ1) is 31.6. The molecule has 2 heterocycles. The van der Waals surface area contributed by atoms with Crippen molar-refractivity contribution in [2.45, 2.75) is 46.2 Å². The Balaban J connectivity index is 1.34. The minimum Gasteiger partial charge on any atom is -0.493 e. The number of aliphatic carboxylic acids is 2. The summed E-state index contributed by atoms with van der Waals surface area (Å²) in [5, 5.41) is 22.2. The number of carboxylic acid groups (broad SMARTS) is 2. The molecule has 0 radical (unpaired) electrons. The molecule has 1 amide bonds. The zero-order valence-electron chi connectivity index (χ0n) is 24.6. The van der Waals surface area contributed by atoms with Gasteiger partial charge < -0.3 is 34.6 Å². The van der Waals surface area contributed by atoms with Crippen molar-refractivity contribution < 1.29 is 43.6 Å². The molecule has 2 aromatic carbocycles. The molecular formula is C31H36N2O9S. The van der Waals surface area contributed by atoms with Gasteiger partial charge in [-0.3, -0.25) is 19.2 Å². The molecule has 0 aliphatic carbocycles. The fourth-order valence-corrected chi connectivity index (χ4v) is 5.77. The molecule has 230 valence electrons. The molecule has 1 aliphatic heterocycles. The van der Waals surface area contributed by atoms with Gasteiger partial charge in [-0.15, -0.1) is 11.3 Å². The van der Waals surface area contributed by atoms with Crippen LogP contribution in [0, 0.1) is 11.8 Å². The van der Waals surface area contributed by atoms with E-state index >= 15 is 0 Å². The molecule has 12 heteroatoms. The van der Waals surface area contributed by atoms with Crippen molar-refractivity contribution in [1.29, 1.82) is 0 Å². The van der Waals surface area contributed by atoms with E-state index in [4.69, 9.17) is 24.4 Å². The number of rotatable bonds is 15. The maximum atomic E-state index is 12.6. The third-order valence-electron chi connectivity index (χ3n) is 7.34. The highest BCUT2D eigenvalue weighted by Gasteiger charge is 2.28. The summed E-state index contributed by atoms with van der Waals surface area (Å²) in [5.74, 6) is -2.16. The number of carboxylic acids is 2. The van der Waals surface area contributed by atoms with Gasteiger partial charge in [-0.1, -0.05) is 13.8 Å². The first-order valence-corrected chi connectivity index (χ1v) is 14.8. The van der Waals surface area contributed by atoms with Gasteiger partial charge in [0.1, 0.15) is 5.75 Å². The van der Waals surface area contributed by atoms with Crippen LogP contribution in [0.3, 0.4) is 0 Å². The first-order chi connectivity index (χ1) is 20.5. The van der Waals surface area contributed by atoms with Gasteiger partial charge in [0.25, 0.3) is 0 Å². The lowest BCUT2D eigenvalue weighted by atomic mass is 10.0. The quantitative estimate of drug-likeness (QED) is 0.157. The molecule has 0 saturated carbocycles. The zero-order valence-corrected chi connectivity index (χ0v) is 25.4. The first-order valence-electron chi connectivity index (χ1n) is 14.0. The predicted octanol–water partition coefficient (Wildman–Crippen LogP) is 5.05. The van der Waals surface area contributed by atoms with Crippen molar-refractivity contribution in [3.05, 3.63) is 46.3 Å². The van der Waals surface area contributed by atoms with E-state index in [0.29, 0.717) is 54.8 Å². The van der Waals surface area contributed by atoms with Gasteiger partial charge >= 0.3 is 11.9 Å². The van der Waals surface area contributed by atoms with Crippen LogP contribution in [0.15, 0.2) is 30.3 Å². The number of amides is 1. The summed E-state index contributed by atoms with van der Waals surface area (Å²) in [6, 6.07) is 9.26. The number of nitrogens with one attached hydrogen (secondary N) is 1.